The van der Waals surface area contributed by atoms with Crippen LogP contribution in [0.3, 0.4) is 0 Å². The Labute approximate surface area is 146 Å². The number of nitrogens with zero attached hydrogens (tertiary/aromatic N) is 2. The van der Waals surface area contributed by atoms with E-state index in [9.17, 15) is 9.59 Å². The van der Waals surface area contributed by atoms with Crippen molar-refractivity contribution in [2.75, 3.05) is 6.54 Å². The first-order valence-corrected chi connectivity index (χ1v) is 8.14. The predicted molar refractivity (Wildman–Crippen MR) is 93.0 cm³/mol. The number of rotatable bonds is 3. The number of ketones is 1. The summed E-state index contributed by atoms with van der Waals surface area (Å²) < 4.78 is 5.43. The van der Waals surface area contributed by atoms with E-state index in [0.29, 0.717) is 18.7 Å². The van der Waals surface area contributed by atoms with Crippen LogP contribution in [-0.4, -0.2) is 23.3 Å². The summed E-state index contributed by atoms with van der Waals surface area (Å²) in [5, 5.41) is 0. The maximum Gasteiger partial charge on any atom is 0.410 e. The molecule has 0 aromatic heterocycles. The van der Waals surface area contributed by atoms with Crippen molar-refractivity contribution in [1.82, 2.24) is 4.90 Å². The molecule has 1 fully saturated rings. The molecule has 0 bridgehead atoms. The van der Waals surface area contributed by atoms with Gasteiger partial charge >= 0.3 is 6.09 Å². The monoisotopic (exact) mass is 334 g/mol. The van der Waals surface area contributed by atoms with Crippen LogP contribution in [0.1, 0.15) is 30.0 Å². The van der Waals surface area contributed by atoms with Gasteiger partial charge in [-0.15, -0.1) is 0 Å². The van der Waals surface area contributed by atoms with Crippen molar-refractivity contribution < 1.29 is 14.3 Å². The van der Waals surface area contributed by atoms with Gasteiger partial charge < -0.3 is 9.64 Å². The first-order valence-electron chi connectivity index (χ1n) is 8.14. The molecule has 126 valence electrons. The zero-order valence-electron chi connectivity index (χ0n) is 13.7. The number of carbonyl (C=O) groups excluding carboxylic acids is 2. The molecule has 1 amide bonds. The van der Waals surface area contributed by atoms with Crippen molar-refractivity contribution in [2.45, 2.75) is 25.5 Å². The van der Waals surface area contributed by atoms with Gasteiger partial charge in [-0.3, -0.25) is 4.79 Å². The Bertz CT molecular complexity index is 794. The SMILES string of the molecule is [C-]#[N+]c1ccc([C@@H]2CC(=O)CCN2C(=O)OCc2ccccc2)cc1. The summed E-state index contributed by atoms with van der Waals surface area (Å²) >= 11 is 0. The van der Waals surface area contributed by atoms with E-state index in [4.69, 9.17) is 11.3 Å². The lowest BCUT2D eigenvalue weighted by Crippen LogP contribution is -2.41. The zero-order chi connectivity index (χ0) is 17.6. The van der Waals surface area contributed by atoms with Gasteiger partial charge in [0.2, 0.25) is 0 Å². The molecule has 3 rings (SSSR count). The van der Waals surface area contributed by atoms with Gasteiger partial charge in [-0.25, -0.2) is 9.64 Å². The molecule has 0 radical (unpaired) electrons. The molecule has 2 aromatic rings. The third kappa shape index (κ3) is 4.04. The van der Waals surface area contributed by atoms with Crippen molar-refractivity contribution in [3.63, 3.8) is 0 Å². The Kier molecular flexibility index (Phi) is 5.10. The van der Waals surface area contributed by atoms with E-state index < -0.39 is 6.09 Å². The van der Waals surface area contributed by atoms with Crippen LogP contribution in [0, 0.1) is 6.57 Å². The Balaban J connectivity index is 1.73. The van der Waals surface area contributed by atoms with Gasteiger partial charge in [-0.1, -0.05) is 54.6 Å². The fraction of sp³-hybridized carbons (Fsp3) is 0.250. The normalized spacial score (nSPS) is 17.0. The van der Waals surface area contributed by atoms with Crippen LogP contribution >= 0.6 is 0 Å². The van der Waals surface area contributed by atoms with Crippen molar-refractivity contribution in [3.8, 4) is 0 Å². The summed E-state index contributed by atoms with van der Waals surface area (Å²) in [7, 11) is 0. The Hall–Kier alpha value is -3.13. The van der Waals surface area contributed by atoms with Gasteiger partial charge in [-0.05, 0) is 11.1 Å². The first-order chi connectivity index (χ1) is 12.2. The number of amides is 1. The van der Waals surface area contributed by atoms with Gasteiger partial charge in [0.05, 0.1) is 12.6 Å². The molecule has 1 heterocycles. The van der Waals surface area contributed by atoms with E-state index in [0.717, 1.165) is 11.1 Å². The lowest BCUT2D eigenvalue weighted by Gasteiger charge is -2.34. The van der Waals surface area contributed by atoms with E-state index in [2.05, 4.69) is 4.85 Å². The molecule has 25 heavy (non-hydrogen) atoms. The molecular formula is C20H18N2O3. The minimum Gasteiger partial charge on any atom is -0.445 e. The summed E-state index contributed by atoms with van der Waals surface area (Å²) in [6.45, 7) is 7.57. The maximum atomic E-state index is 12.5. The van der Waals surface area contributed by atoms with E-state index in [1.165, 1.54) is 0 Å². The quantitative estimate of drug-likeness (QED) is 0.787. The Morgan fingerprint density at radius 2 is 1.88 bits per heavy atom. The number of hydrogen-bond acceptors (Lipinski definition) is 3. The van der Waals surface area contributed by atoms with Gasteiger partial charge in [0.25, 0.3) is 0 Å². The molecule has 0 unspecified atom stereocenters. The number of Topliss-reactive ketones (excluding diaryl/α,β-unsaturated/α-hetero) is 1. The number of likely N-dealkylation sites (tertiary alicyclic amines) is 1. The number of piperidine rings is 1. The van der Waals surface area contributed by atoms with Crippen LogP contribution in [0.5, 0.6) is 0 Å². The molecule has 0 saturated carbocycles. The van der Waals surface area contributed by atoms with Crippen molar-refractivity contribution in [3.05, 3.63) is 77.1 Å². The van der Waals surface area contributed by atoms with E-state index in [1.807, 2.05) is 30.3 Å². The average molecular weight is 334 g/mol. The van der Waals surface area contributed by atoms with Gasteiger partial charge in [-0.2, -0.15) is 0 Å². The highest BCUT2D eigenvalue weighted by molar-refractivity contribution is 5.82. The number of carbonyl (C=O) groups is 2. The lowest BCUT2D eigenvalue weighted by molar-refractivity contribution is -0.122. The minimum absolute atomic E-state index is 0.131. The molecule has 1 aliphatic heterocycles. The molecule has 0 aliphatic carbocycles. The van der Waals surface area contributed by atoms with Gasteiger partial charge in [0.1, 0.15) is 12.4 Å². The molecular weight excluding hydrogens is 316 g/mol. The Morgan fingerprint density at radius 1 is 1.16 bits per heavy atom. The number of hydrogen-bond donors (Lipinski definition) is 0. The second-order valence-electron chi connectivity index (χ2n) is 5.95. The Morgan fingerprint density at radius 3 is 2.56 bits per heavy atom. The van der Waals surface area contributed by atoms with E-state index >= 15 is 0 Å². The predicted octanol–water partition coefficient (Wildman–Crippen LogP) is 4.28. The topological polar surface area (TPSA) is 51.0 Å². The van der Waals surface area contributed by atoms with E-state index in [1.54, 1.807) is 29.2 Å². The third-order valence-electron chi connectivity index (χ3n) is 4.28. The van der Waals surface area contributed by atoms with Crippen molar-refractivity contribution in [2.24, 2.45) is 0 Å². The number of ether oxygens (including phenoxy) is 1. The zero-order valence-corrected chi connectivity index (χ0v) is 13.7. The van der Waals surface area contributed by atoms with Crippen molar-refractivity contribution in [1.29, 1.82) is 0 Å². The fourth-order valence-electron chi connectivity index (χ4n) is 2.92. The summed E-state index contributed by atoms with van der Waals surface area (Å²) in [6, 6.07) is 16.1. The van der Waals surface area contributed by atoms with Crippen molar-refractivity contribution >= 4 is 17.6 Å². The van der Waals surface area contributed by atoms with Crippen LogP contribution in [-0.2, 0) is 16.1 Å². The molecule has 1 atom stereocenters. The molecule has 2 aromatic carbocycles. The molecule has 0 N–H and O–H groups in total. The van der Waals surface area contributed by atoms with Crippen LogP contribution < -0.4 is 0 Å². The first kappa shape index (κ1) is 16.7. The molecule has 5 heteroatoms. The summed E-state index contributed by atoms with van der Waals surface area (Å²) in [4.78, 5) is 29.4. The molecule has 0 spiro atoms. The van der Waals surface area contributed by atoms with Crippen LogP contribution in [0.2, 0.25) is 0 Å². The van der Waals surface area contributed by atoms with Crippen LogP contribution in [0.15, 0.2) is 54.6 Å². The van der Waals surface area contributed by atoms with Crippen LogP contribution in [0.25, 0.3) is 4.85 Å². The second-order valence-corrected chi connectivity index (χ2v) is 5.95. The average Bonchev–Trinajstić information content (AvgIpc) is 2.67. The highest BCUT2D eigenvalue weighted by Crippen LogP contribution is 2.31. The fourth-order valence-corrected chi connectivity index (χ4v) is 2.92. The summed E-state index contributed by atoms with van der Waals surface area (Å²) in [5.74, 6) is 0.131. The number of benzene rings is 2. The highest BCUT2D eigenvalue weighted by Gasteiger charge is 2.32. The highest BCUT2D eigenvalue weighted by atomic mass is 16.6. The molecule has 5 nitrogen and oxygen atoms in total. The standard InChI is InChI=1S/C20H18N2O3/c1-21-17-9-7-16(8-10-17)19-13-18(23)11-12-22(19)20(24)25-14-15-5-3-2-4-6-15/h2-10,19H,11-14H2/t19-/m0/s1. The second kappa shape index (κ2) is 7.63. The largest absolute Gasteiger partial charge is 0.445 e. The summed E-state index contributed by atoms with van der Waals surface area (Å²) in [5.41, 5.74) is 2.29. The van der Waals surface area contributed by atoms with Crippen LogP contribution in [0.4, 0.5) is 10.5 Å². The molecule has 1 saturated heterocycles. The molecule has 1 aliphatic rings. The third-order valence-corrected chi connectivity index (χ3v) is 4.28. The maximum absolute atomic E-state index is 12.5. The van der Waals surface area contributed by atoms with Gasteiger partial charge in [0, 0.05) is 19.4 Å². The lowest BCUT2D eigenvalue weighted by atomic mass is 9.94. The van der Waals surface area contributed by atoms with Gasteiger partial charge in [0.15, 0.2) is 5.69 Å². The summed E-state index contributed by atoms with van der Waals surface area (Å²) in [6.07, 6.45) is 0.199. The minimum atomic E-state index is -0.421. The smallest absolute Gasteiger partial charge is 0.410 e. The van der Waals surface area contributed by atoms with E-state index in [-0.39, 0.29) is 24.9 Å².